The van der Waals surface area contributed by atoms with Crippen molar-refractivity contribution in [2.75, 3.05) is 0 Å². The molecule has 1 fully saturated rings. The second-order valence-corrected chi connectivity index (χ2v) is 7.19. The first kappa shape index (κ1) is 16.4. The Morgan fingerprint density at radius 1 is 1.12 bits per heavy atom. The maximum absolute atomic E-state index is 9.85. The fourth-order valence-electron chi connectivity index (χ4n) is 4.06. The number of nitrogens with one attached hydrogen (secondary N) is 1. The van der Waals surface area contributed by atoms with Gasteiger partial charge in [-0.05, 0) is 48.4 Å². The molecule has 0 bridgehead atoms. The van der Waals surface area contributed by atoms with Crippen LogP contribution in [0.15, 0.2) is 40.4 Å². The van der Waals surface area contributed by atoms with Gasteiger partial charge in [-0.1, -0.05) is 34.1 Å². The molecule has 1 saturated carbocycles. The van der Waals surface area contributed by atoms with Crippen molar-refractivity contribution >= 4 is 21.6 Å². The first-order valence-electron chi connectivity index (χ1n) is 7.85. The fraction of sp³-hybridized carbons (Fsp3) is 0.368. The van der Waals surface area contributed by atoms with E-state index in [0.29, 0.717) is 0 Å². The van der Waals surface area contributed by atoms with Crippen LogP contribution in [0.2, 0.25) is 0 Å². The number of halogens is 1. The second-order valence-electron chi connectivity index (χ2n) is 6.28. The van der Waals surface area contributed by atoms with Crippen molar-refractivity contribution in [1.82, 2.24) is 0 Å². The predicted octanol–water partition coefficient (Wildman–Crippen LogP) is 4.47. The van der Waals surface area contributed by atoms with Crippen LogP contribution < -0.4 is 0 Å². The summed E-state index contributed by atoms with van der Waals surface area (Å²) in [7, 11) is 0. The third-order valence-electron chi connectivity index (χ3n) is 5.15. The molecule has 1 aromatic rings. The third-order valence-corrected chi connectivity index (χ3v) is 5.68. The Morgan fingerprint density at radius 3 is 2.38 bits per heavy atom. The Labute approximate surface area is 149 Å². The molecule has 0 saturated heterocycles. The number of allylic oxidation sites excluding steroid dienone is 2. The molecular weight excluding hydrogens is 364 g/mol. The normalized spacial score (nSPS) is 27.8. The van der Waals surface area contributed by atoms with E-state index < -0.39 is 17.3 Å². The van der Waals surface area contributed by atoms with Gasteiger partial charge >= 0.3 is 0 Å². The van der Waals surface area contributed by atoms with Gasteiger partial charge in [-0.3, -0.25) is 0 Å². The average molecular weight is 379 g/mol. The van der Waals surface area contributed by atoms with E-state index in [1.807, 2.05) is 30.3 Å². The van der Waals surface area contributed by atoms with Crippen LogP contribution in [0.4, 0.5) is 0 Å². The van der Waals surface area contributed by atoms with Crippen LogP contribution in [0.1, 0.15) is 30.7 Å². The average Bonchev–Trinajstić information content (AvgIpc) is 2.62. The molecule has 0 spiro atoms. The third kappa shape index (κ3) is 2.27. The maximum atomic E-state index is 9.85. The molecule has 3 rings (SSSR count). The Bertz CT molecular complexity index is 818. The van der Waals surface area contributed by atoms with Crippen molar-refractivity contribution in [3.05, 3.63) is 46.0 Å². The Balaban J connectivity index is 2.24. The monoisotopic (exact) mass is 378 g/mol. The molecule has 1 N–H and O–H groups in total. The summed E-state index contributed by atoms with van der Waals surface area (Å²) in [5.41, 5.74) is 0.128. The van der Waals surface area contributed by atoms with E-state index in [9.17, 15) is 15.8 Å². The molecule has 0 amide bonds. The van der Waals surface area contributed by atoms with Crippen molar-refractivity contribution in [2.45, 2.75) is 25.2 Å². The molecule has 3 atom stereocenters. The molecule has 2 aliphatic rings. The van der Waals surface area contributed by atoms with Gasteiger partial charge < -0.3 is 5.41 Å². The van der Waals surface area contributed by atoms with Crippen LogP contribution in [0.25, 0.3) is 0 Å². The Morgan fingerprint density at radius 2 is 1.79 bits per heavy atom. The molecule has 0 aliphatic heterocycles. The summed E-state index contributed by atoms with van der Waals surface area (Å²) in [4.78, 5) is 0. The fourth-order valence-corrected chi connectivity index (χ4v) is 4.32. The van der Waals surface area contributed by atoms with Crippen LogP contribution in [-0.4, -0.2) is 5.71 Å². The van der Waals surface area contributed by atoms with Crippen molar-refractivity contribution < 1.29 is 0 Å². The molecule has 0 radical (unpaired) electrons. The standard InChI is InChI=1S/C19H15BrN4/c20-13-7-5-12(6-8-13)17-15-4-2-1-3-14(15)16(9-21)18(24)19(17,10-22)11-23/h3,5-8,15-17,24H,1-2,4H2/t15-,16-,17+/m0/s1. The zero-order valence-electron chi connectivity index (χ0n) is 13.0. The molecule has 0 heterocycles. The van der Waals surface area contributed by atoms with Crippen molar-refractivity contribution in [1.29, 1.82) is 21.2 Å². The van der Waals surface area contributed by atoms with Gasteiger partial charge in [-0.15, -0.1) is 0 Å². The lowest BCUT2D eigenvalue weighted by atomic mass is 9.53. The van der Waals surface area contributed by atoms with E-state index in [0.717, 1.165) is 34.9 Å². The lowest BCUT2D eigenvalue weighted by Gasteiger charge is -2.45. The van der Waals surface area contributed by atoms with Crippen molar-refractivity contribution in [3.8, 4) is 18.2 Å². The van der Waals surface area contributed by atoms with E-state index in [4.69, 9.17) is 5.41 Å². The number of nitriles is 3. The van der Waals surface area contributed by atoms with Gasteiger partial charge in [0.15, 0.2) is 5.41 Å². The number of hydrogen-bond donors (Lipinski definition) is 1. The summed E-state index contributed by atoms with van der Waals surface area (Å²) in [6.07, 6.45) is 4.74. The molecule has 5 heteroatoms. The summed E-state index contributed by atoms with van der Waals surface area (Å²) in [5, 5.41) is 37.7. The van der Waals surface area contributed by atoms with E-state index in [2.05, 4.69) is 34.1 Å². The summed E-state index contributed by atoms with van der Waals surface area (Å²) >= 11 is 3.41. The molecule has 0 aromatic heterocycles. The summed E-state index contributed by atoms with van der Waals surface area (Å²) in [6.45, 7) is 0. The topological polar surface area (TPSA) is 95.2 Å². The van der Waals surface area contributed by atoms with E-state index in [1.54, 1.807) is 0 Å². The highest BCUT2D eigenvalue weighted by atomic mass is 79.9. The predicted molar refractivity (Wildman–Crippen MR) is 92.8 cm³/mol. The largest absolute Gasteiger partial charge is 0.305 e. The molecule has 2 aliphatic carbocycles. The molecule has 118 valence electrons. The minimum atomic E-state index is -1.59. The first-order chi connectivity index (χ1) is 11.6. The smallest absolute Gasteiger partial charge is 0.189 e. The van der Waals surface area contributed by atoms with Gasteiger partial charge in [-0.2, -0.15) is 15.8 Å². The highest BCUT2D eigenvalue weighted by Gasteiger charge is 2.57. The van der Waals surface area contributed by atoms with Gasteiger partial charge in [0.05, 0.1) is 23.9 Å². The number of nitrogens with zero attached hydrogens (tertiary/aromatic N) is 3. The molecule has 1 aromatic carbocycles. The molecular formula is C19H15BrN4. The van der Waals surface area contributed by atoms with Crippen LogP contribution in [0, 0.1) is 56.7 Å². The lowest BCUT2D eigenvalue weighted by Crippen LogP contribution is -2.48. The highest BCUT2D eigenvalue weighted by molar-refractivity contribution is 9.10. The molecule has 0 unspecified atom stereocenters. The van der Waals surface area contributed by atoms with Gasteiger partial charge in [0.1, 0.15) is 5.92 Å². The first-order valence-corrected chi connectivity index (χ1v) is 8.64. The van der Waals surface area contributed by atoms with Crippen LogP contribution in [-0.2, 0) is 0 Å². The van der Waals surface area contributed by atoms with Crippen LogP contribution >= 0.6 is 15.9 Å². The summed E-state index contributed by atoms with van der Waals surface area (Å²) < 4.78 is 0.922. The number of benzene rings is 1. The summed E-state index contributed by atoms with van der Waals surface area (Å²) in [5.74, 6) is -1.22. The van der Waals surface area contributed by atoms with E-state index >= 15 is 0 Å². The number of fused-ring (bicyclic) bond motifs is 1. The zero-order chi connectivity index (χ0) is 17.3. The number of rotatable bonds is 1. The minimum absolute atomic E-state index is 0.0435. The van der Waals surface area contributed by atoms with Gasteiger partial charge in [-0.25, -0.2) is 0 Å². The Kier molecular flexibility index (Phi) is 4.27. The molecule has 4 nitrogen and oxygen atoms in total. The number of hydrogen-bond acceptors (Lipinski definition) is 4. The van der Waals surface area contributed by atoms with Crippen molar-refractivity contribution in [2.24, 2.45) is 17.3 Å². The van der Waals surface area contributed by atoms with Gasteiger partial charge in [0.2, 0.25) is 0 Å². The van der Waals surface area contributed by atoms with Gasteiger partial charge in [0.25, 0.3) is 0 Å². The zero-order valence-corrected chi connectivity index (χ0v) is 14.5. The highest BCUT2D eigenvalue weighted by Crippen LogP contribution is 2.55. The van der Waals surface area contributed by atoms with Crippen molar-refractivity contribution in [3.63, 3.8) is 0 Å². The van der Waals surface area contributed by atoms with E-state index in [-0.39, 0.29) is 11.6 Å². The summed E-state index contributed by atoms with van der Waals surface area (Å²) in [6, 6.07) is 14.0. The molecule has 24 heavy (non-hydrogen) atoms. The van der Waals surface area contributed by atoms with E-state index in [1.165, 1.54) is 0 Å². The second kappa shape index (κ2) is 6.23. The lowest BCUT2D eigenvalue weighted by molar-refractivity contribution is 0.320. The Hall–Kier alpha value is -2.42. The quantitative estimate of drug-likeness (QED) is 0.730. The van der Waals surface area contributed by atoms with Crippen LogP contribution in [0.3, 0.4) is 0 Å². The maximum Gasteiger partial charge on any atom is 0.189 e. The van der Waals surface area contributed by atoms with Crippen LogP contribution in [0.5, 0.6) is 0 Å². The SMILES string of the molecule is N#C[C@@H]1C(=N)C(C#N)(C#N)[C@H](c2ccc(Br)cc2)[C@H]2CCCC=C12. The minimum Gasteiger partial charge on any atom is -0.305 e. The van der Waals surface area contributed by atoms with Gasteiger partial charge in [0, 0.05) is 10.4 Å².